The Balaban J connectivity index is 1.31. The first-order valence-corrected chi connectivity index (χ1v) is 13.1. The summed E-state index contributed by atoms with van der Waals surface area (Å²) in [5.41, 5.74) is 3.47. The van der Waals surface area contributed by atoms with Crippen LogP contribution in [0.3, 0.4) is 0 Å². The molecule has 0 bridgehead atoms. The number of hydrogen-bond donors (Lipinski definition) is 2. The standard InChI is InChI=1S/C27H26ClN3O5S/c1-17-25(30-27(33)35-18(2)22-7-3-4-8-23(22)28)26(36-31-17)20-11-9-19(10-12-20)15-37-16-24(32)29-14-21-6-5-13-34-21/h3-13,18H,14-16H2,1-2H3,(H,29,32)(H,30,33). The summed E-state index contributed by atoms with van der Waals surface area (Å²) < 4.78 is 16.2. The van der Waals surface area contributed by atoms with Crippen molar-refractivity contribution in [3.05, 3.63) is 94.5 Å². The second-order valence-electron chi connectivity index (χ2n) is 8.21. The van der Waals surface area contributed by atoms with Gasteiger partial charge in [0, 0.05) is 21.9 Å². The zero-order valence-corrected chi connectivity index (χ0v) is 21.9. The lowest BCUT2D eigenvalue weighted by molar-refractivity contribution is -0.118. The summed E-state index contributed by atoms with van der Waals surface area (Å²) in [5, 5.41) is 10.1. The highest BCUT2D eigenvalue weighted by Gasteiger charge is 2.20. The molecule has 4 rings (SSSR count). The van der Waals surface area contributed by atoms with Gasteiger partial charge in [0.05, 0.1) is 18.6 Å². The van der Waals surface area contributed by atoms with Gasteiger partial charge in [0.2, 0.25) is 5.91 Å². The molecule has 2 heterocycles. The molecule has 2 N–H and O–H groups in total. The van der Waals surface area contributed by atoms with E-state index in [0.717, 1.165) is 11.1 Å². The molecule has 8 nitrogen and oxygen atoms in total. The molecule has 0 fully saturated rings. The Hall–Kier alpha value is -3.69. The largest absolute Gasteiger partial charge is 0.467 e. The zero-order chi connectivity index (χ0) is 26.2. The Morgan fingerprint density at radius 2 is 1.89 bits per heavy atom. The first kappa shape index (κ1) is 26.4. The predicted octanol–water partition coefficient (Wildman–Crippen LogP) is 6.76. The maximum atomic E-state index is 12.6. The van der Waals surface area contributed by atoms with Crippen molar-refractivity contribution in [3.8, 4) is 11.3 Å². The smallest absolute Gasteiger partial charge is 0.412 e. The fraction of sp³-hybridized carbons (Fsp3) is 0.222. The van der Waals surface area contributed by atoms with E-state index >= 15 is 0 Å². The van der Waals surface area contributed by atoms with Crippen molar-refractivity contribution in [2.75, 3.05) is 11.1 Å². The van der Waals surface area contributed by atoms with Crippen molar-refractivity contribution >= 4 is 41.1 Å². The molecule has 0 radical (unpaired) electrons. The van der Waals surface area contributed by atoms with Crippen LogP contribution in [0, 0.1) is 6.92 Å². The summed E-state index contributed by atoms with van der Waals surface area (Å²) in [7, 11) is 0. The lowest BCUT2D eigenvalue weighted by atomic mass is 10.1. The van der Waals surface area contributed by atoms with Gasteiger partial charge in [0.1, 0.15) is 23.2 Å². The fourth-order valence-corrected chi connectivity index (χ4v) is 4.65. The van der Waals surface area contributed by atoms with E-state index in [0.29, 0.717) is 51.5 Å². The maximum Gasteiger partial charge on any atom is 0.412 e. The third kappa shape index (κ3) is 7.18. The van der Waals surface area contributed by atoms with E-state index in [-0.39, 0.29) is 5.91 Å². The van der Waals surface area contributed by atoms with Crippen LogP contribution in [-0.2, 0) is 21.8 Å². The van der Waals surface area contributed by atoms with Gasteiger partial charge in [-0.15, -0.1) is 11.8 Å². The van der Waals surface area contributed by atoms with Gasteiger partial charge in [-0.05, 0) is 37.6 Å². The number of carbonyl (C=O) groups excluding carboxylic acids is 2. The minimum absolute atomic E-state index is 0.0541. The summed E-state index contributed by atoms with van der Waals surface area (Å²) in [6.45, 7) is 3.87. The summed E-state index contributed by atoms with van der Waals surface area (Å²) in [6.07, 6.45) is 0.396. The Morgan fingerprint density at radius 1 is 1.11 bits per heavy atom. The number of ether oxygens (including phenoxy) is 1. The molecule has 192 valence electrons. The lowest BCUT2D eigenvalue weighted by Crippen LogP contribution is -2.24. The molecule has 0 aliphatic heterocycles. The van der Waals surface area contributed by atoms with E-state index in [1.165, 1.54) is 11.8 Å². The summed E-state index contributed by atoms with van der Waals surface area (Å²) in [5.74, 6) is 2.10. The number of aryl methyl sites for hydroxylation is 1. The van der Waals surface area contributed by atoms with Crippen LogP contribution in [-0.4, -0.2) is 22.9 Å². The molecule has 0 aliphatic carbocycles. The van der Waals surface area contributed by atoms with Crippen molar-refractivity contribution < 1.29 is 23.3 Å². The number of carbonyl (C=O) groups is 2. The van der Waals surface area contributed by atoms with Crippen molar-refractivity contribution in [2.45, 2.75) is 32.2 Å². The SMILES string of the molecule is Cc1noc(-c2ccc(CSCC(=O)NCc3ccco3)cc2)c1NC(=O)OC(C)c1ccccc1Cl. The molecule has 10 heteroatoms. The topological polar surface area (TPSA) is 107 Å². The van der Waals surface area contributed by atoms with E-state index in [2.05, 4.69) is 15.8 Å². The van der Waals surface area contributed by atoms with Crippen LogP contribution in [0.1, 0.15) is 35.6 Å². The minimum Gasteiger partial charge on any atom is -0.467 e. The highest BCUT2D eigenvalue weighted by atomic mass is 35.5. The van der Waals surface area contributed by atoms with E-state index < -0.39 is 12.2 Å². The number of hydrogen-bond acceptors (Lipinski definition) is 7. The van der Waals surface area contributed by atoms with Crippen LogP contribution >= 0.6 is 23.4 Å². The molecule has 4 aromatic rings. The van der Waals surface area contributed by atoms with Crippen LogP contribution in [0.5, 0.6) is 0 Å². The van der Waals surface area contributed by atoms with Crippen molar-refractivity contribution in [3.63, 3.8) is 0 Å². The first-order valence-electron chi connectivity index (χ1n) is 11.5. The van der Waals surface area contributed by atoms with Crippen LogP contribution in [0.25, 0.3) is 11.3 Å². The molecule has 2 amide bonds. The van der Waals surface area contributed by atoms with Gasteiger partial charge in [-0.3, -0.25) is 10.1 Å². The third-order valence-electron chi connectivity index (χ3n) is 5.47. The molecule has 1 unspecified atom stereocenters. The quantitative estimate of drug-likeness (QED) is 0.229. The van der Waals surface area contributed by atoms with E-state index in [1.807, 2.05) is 48.5 Å². The molecule has 0 spiro atoms. The van der Waals surface area contributed by atoms with E-state index in [4.69, 9.17) is 25.3 Å². The normalized spacial score (nSPS) is 11.6. The second kappa shape index (κ2) is 12.5. The number of aromatic nitrogens is 1. The van der Waals surface area contributed by atoms with Gasteiger partial charge in [-0.1, -0.05) is 59.2 Å². The number of thioether (sulfide) groups is 1. The van der Waals surface area contributed by atoms with Crippen LogP contribution in [0.15, 0.2) is 75.9 Å². The third-order valence-corrected chi connectivity index (χ3v) is 6.82. The van der Waals surface area contributed by atoms with Crippen LogP contribution in [0.2, 0.25) is 5.02 Å². The van der Waals surface area contributed by atoms with Crippen molar-refractivity contribution in [2.24, 2.45) is 0 Å². The Morgan fingerprint density at radius 3 is 2.62 bits per heavy atom. The van der Waals surface area contributed by atoms with Gasteiger partial charge in [0.15, 0.2) is 5.76 Å². The highest BCUT2D eigenvalue weighted by molar-refractivity contribution is 7.99. The Bertz CT molecular complexity index is 1340. The summed E-state index contributed by atoms with van der Waals surface area (Å²) >= 11 is 7.72. The number of nitrogens with zero attached hydrogens (tertiary/aromatic N) is 1. The van der Waals surface area contributed by atoms with Gasteiger partial charge in [0.25, 0.3) is 0 Å². The number of amides is 2. The molecule has 0 saturated carbocycles. The van der Waals surface area contributed by atoms with Gasteiger partial charge in [-0.25, -0.2) is 4.79 Å². The number of anilines is 1. The molecule has 37 heavy (non-hydrogen) atoms. The molecule has 0 aliphatic rings. The Labute approximate surface area is 223 Å². The van der Waals surface area contributed by atoms with Crippen molar-refractivity contribution in [1.29, 1.82) is 0 Å². The Kier molecular flexibility index (Phi) is 8.92. The second-order valence-corrected chi connectivity index (χ2v) is 9.60. The molecule has 2 aromatic carbocycles. The minimum atomic E-state index is -0.640. The summed E-state index contributed by atoms with van der Waals surface area (Å²) in [6, 6.07) is 18.5. The van der Waals surface area contributed by atoms with E-state index in [1.54, 1.807) is 32.2 Å². The monoisotopic (exact) mass is 539 g/mol. The first-order chi connectivity index (χ1) is 17.9. The fourth-order valence-electron chi connectivity index (χ4n) is 3.54. The van der Waals surface area contributed by atoms with Crippen LogP contribution in [0.4, 0.5) is 10.5 Å². The number of furan rings is 1. The highest BCUT2D eigenvalue weighted by Crippen LogP contribution is 2.32. The number of benzene rings is 2. The summed E-state index contributed by atoms with van der Waals surface area (Å²) in [4.78, 5) is 24.6. The molecule has 2 aromatic heterocycles. The number of nitrogens with one attached hydrogen (secondary N) is 2. The lowest BCUT2D eigenvalue weighted by Gasteiger charge is -2.15. The number of halogens is 1. The molecule has 0 saturated heterocycles. The van der Waals surface area contributed by atoms with E-state index in [9.17, 15) is 9.59 Å². The van der Waals surface area contributed by atoms with Gasteiger partial charge >= 0.3 is 6.09 Å². The van der Waals surface area contributed by atoms with Crippen molar-refractivity contribution in [1.82, 2.24) is 10.5 Å². The zero-order valence-electron chi connectivity index (χ0n) is 20.3. The molecule has 1 atom stereocenters. The molecular weight excluding hydrogens is 514 g/mol. The number of rotatable bonds is 10. The molecular formula is C27H26ClN3O5S. The van der Waals surface area contributed by atoms with Gasteiger partial charge in [-0.2, -0.15) is 0 Å². The average Bonchev–Trinajstić information content (AvgIpc) is 3.53. The van der Waals surface area contributed by atoms with Gasteiger partial charge < -0.3 is 19.0 Å². The predicted molar refractivity (Wildman–Crippen MR) is 143 cm³/mol. The van der Waals surface area contributed by atoms with Crippen LogP contribution < -0.4 is 10.6 Å². The average molecular weight is 540 g/mol. The maximum absolute atomic E-state index is 12.6.